The molecule has 0 aliphatic carbocycles. The molecule has 4 heteroatoms. The maximum absolute atomic E-state index is 13.1. The van der Waals surface area contributed by atoms with Gasteiger partial charge in [-0.1, -0.05) is 24.3 Å². The highest BCUT2D eigenvalue weighted by Crippen LogP contribution is 2.20. The van der Waals surface area contributed by atoms with Gasteiger partial charge in [0.15, 0.2) is 0 Å². The first-order valence-corrected chi connectivity index (χ1v) is 7.56. The van der Waals surface area contributed by atoms with Gasteiger partial charge in [-0.3, -0.25) is 4.79 Å². The zero-order valence-electron chi connectivity index (χ0n) is 10.1. The van der Waals surface area contributed by atoms with Gasteiger partial charge >= 0.3 is 0 Å². The molecule has 0 saturated heterocycles. The van der Waals surface area contributed by atoms with Crippen LogP contribution < -0.4 is 0 Å². The van der Waals surface area contributed by atoms with E-state index in [0.717, 1.165) is 10.5 Å². The average molecular weight is 339 g/mol. The average Bonchev–Trinajstić information content (AvgIpc) is 2.42. The van der Waals surface area contributed by atoms with Crippen LogP contribution in [0.3, 0.4) is 0 Å². The van der Waals surface area contributed by atoms with Crippen LogP contribution in [0.5, 0.6) is 0 Å². The van der Waals surface area contributed by atoms with Crippen LogP contribution in [0.15, 0.2) is 57.9 Å². The third-order valence-corrected chi connectivity index (χ3v) is 4.21. The molecule has 0 N–H and O–H groups in total. The molecular formula is C15H12BrFOS. The Morgan fingerprint density at radius 2 is 1.89 bits per heavy atom. The summed E-state index contributed by atoms with van der Waals surface area (Å²) in [5, 5.41) is 0. The van der Waals surface area contributed by atoms with E-state index in [4.69, 9.17) is 0 Å². The molecule has 0 aliphatic rings. The Bertz CT molecular complexity index is 572. The zero-order chi connectivity index (χ0) is 13.7. The van der Waals surface area contributed by atoms with E-state index in [0.29, 0.717) is 16.6 Å². The summed E-state index contributed by atoms with van der Waals surface area (Å²) in [7, 11) is 0. The van der Waals surface area contributed by atoms with E-state index in [1.165, 1.54) is 17.8 Å². The third-order valence-electron chi connectivity index (χ3n) is 2.53. The zero-order valence-corrected chi connectivity index (χ0v) is 12.5. The Balaban J connectivity index is 1.89. The lowest BCUT2D eigenvalue weighted by Gasteiger charge is -2.03. The molecule has 0 heterocycles. The van der Waals surface area contributed by atoms with Crippen molar-refractivity contribution in [3.05, 3.63) is 64.4 Å². The first-order chi connectivity index (χ1) is 9.15. The summed E-state index contributed by atoms with van der Waals surface area (Å²) in [6, 6.07) is 14.5. The van der Waals surface area contributed by atoms with Crippen molar-refractivity contribution in [1.82, 2.24) is 0 Å². The minimum absolute atomic E-state index is 0.132. The van der Waals surface area contributed by atoms with E-state index in [-0.39, 0.29) is 11.6 Å². The number of halogens is 2. The maximum atomic E-state index is 13.1. The lowest BCUT2D eigenvalue weighted by Crippen LogP contribution is -2.05. The van der Waals surface area contributed by atoms with Crippen LogP contribution in [0.25, 0.3) is 0 Å². The van der Waals surface area contributed by atoms with Gasteiger partial charge in [0.2, 0.25) is 0 Å². The molecule has 0 spiro atoms. The number of carbonyl (C=O) groups excluding carboxylic acids is 1. The molecule has 0 saturated carbocycles. The van der Waals surface area contributed by atoms with Crippen molar-refractivity contribution in [3.8, 4) is 0 Å². The molecule has 0 amide bonds. The SMILES string of the molecule is O=C(CSc1ccccc1)Cc1ccc(F)c(Br)c1. The van der Waals surface area contributed by atoms with Crippen molar-refractivity contribution in [3.63, 3.8) is 0 Å². The Morgan fingerprint density at radius 1 is 1.16 bits per heavy atom. The van der Waals surface area contributed by atoms with E-state index in [2.05, 4.69) is 15.9 Å². The number of hydrogen-bond donors (Lipinski definition) is 0. The van der Waals surface area contributed by atoms with Crippen LogP contribution in [0.1, 0.15) is 5.56 Å². The number of Topliss-reactive ketones (excluding diaryl/α,β-unsaturated/α-hetero) is 1. The minimum Gasteiger partial charge on any atom is -0.298 e. The van der Waals surface area contributed by atoms with Crippen molar-refractivity contribution in [2.24, 2.45) is 0 Å². The number of ketones is 1. The third kappa shape index (κ3) is 4.48. The fourth-order valence-corrected chi connectivity index (χ4v) is 2.81. The van der Waals surface area contributed by atoms with Crippen LogP contribution in [-0.2, 0) is 11.2 Å². The fourth-order valence-electron chi connectivity index (χ4n) is 1.61. The van der Waals surface area contributed by atoms with Crippen LogP contribution in [0.4, 0.5) is 4.39 Å². The fraction of sp³-hybridized carbons (Fsp3) is 0.133. The molecule has 0 atom stereocenters. The summed E-state index contributed by atoms with van der Waals surface area (Å²) < 4.78 is 13.5. The molecule has 2 rings (SSSR count). The molecule has 0 bridgehead atoms. The van der Waals surface area contributed by atoms with Crippen LogP contribution in [0, 0.1) is 5.82 Å². The highest BCUT2D eigenvalue weighted by Gasteiger charge is 2.07. The predicted octanol–water partition coefficient (Wildman–Crippen LogP) is 4.49. The molecule has 2 aromatic rings. The van der Waals surface area contributed by atoms with Gasteiger partial charge in [-0.25, -0.2) is 4.39 Å². The van der Waals surface area contributed by atoms with Gasteiger partial charge in [0.25, 0.3) is 0 Å². The summed E-state index contributed by atoms with van der Waals surface area (Å²) >= 11 is 4.64. The summed E-state index contributed by atoms with van der Waals surface area (Å²) in [4.78, 5) is 12.9. The Kier molecular flexibility index (Phi) is 5.16. The highest BCUT2D eigenvalue weighted by molar-refractivity contribution is 9.10. The normalized spacial score (nSPS) is 10.4. The molecule has 1 nitrogen and oxygen atoms in total. The number of carbonyl (C=O) groups is 1. The quantitative estimate of drug-likeness (QED) is 0.747. The standard InChI is InChI=1S/C15H12BrFOS/c16-14-9-11(6-7-15(14)17)8-12(18)10-19-13-4-2-1-3-5-13/h1-7,9H,8,10H2. The van der Waals surface area contributed by atoms with E-state index < -0.39 is 0 Å². The van der Waals surface area contributed by atoms with Crippen molar-refractivity contribution >= 4 is 33.5 Å². The van der Waals surface area contributed by atoms with Crippen molar-refractivity contribution in [2.45, 2.75) is 11.3 Å². The summed E-state index contributed by atoms with van der Waals surface area (Å²) in [6.07, 6.45) is 0.332. The van der Waals surface area contributed by atoms with E-state index >= 15 is 0 Å². The van der Waals surface area contributed by atoms with Crippen molar-refractivity contribution in [2.75, 3.05) is 5.75 Å². The second kappa shape index (κ2) is 6.87. The van der Waals surface area contributed by atoms with Gasteiger partial charge in [-0.15, -0.1) is 11.8 Å². The molecule has 19 heavy (non-hydrogen) atoms. The lowest BCUT2D eigenvalue weighted by atomic mass is 10.1. The Labute approximate surface area is 124 Å². The summed E-state index contributed by atoms with van der Waals surface area (Å²) in [5.74, 6) is 0.251. The van der Waals surface area contributed by atoms with Gasteiger partial charge in [-0.05, 0) is 45.8 Å². The van der Waals surface area contributed by atoms with Gasteiger partial charge < -0.3 is 0 Å². The molecule has 0 fully saturated rings. The second-order valence-corrected chi connectivity index (χ2v) is 5.97. The molecule has 0 aliphatic heterocycles. The van der Waals surface area contributed by atoms with Crippen LogP contribution >= 0.6 is 27.7 Å². The highest BCUT2D eigenvalue weighted by atomic mass is 79.9. The summed E-state index contributed by atoms with van der Waals surface area (Å²) in [6.45, 7) is 0. The Hall–Kier alpha value is -1.13. The largest absolute Gasteiger partial charge is 0.298 e. The van der Waals surface area contributed by atoms with E-state index in [9.17, 15) is 9.18 Å². The molecule has 0 aromatic heterocycles. The molecule has 98 valence electrons. The van der Waals surface area contributed by atoms with Gasteiger partial charge in [0.05, 0.1) is 10.2 Å². The van der Waals surface area contributed by atoms with Crippen molar-refractivity contribution < 1.29 is 9.18 Å². The summed E-state index contributed by atoms with van der Waals surface area (Å²) in [5.41, 5.74) is 0.826. The van der Waals surface area contributed by atoms with Crippen molar-refractivity contribution in [1.29, 1.82) is 0 Å². The first-order valence-electron chi connectivity index (χ1n) is 5.78. The monoisotopic (exact) mass is 338 g/mol. The van der Waals surface area contributed by atoms with E-state index in [1.807, 2.05) is 30.3 Å². The number of thioether (sulfide) groups is 1. The molecular weight excluding hydrogens is 327 g/mol. The Morgan fingerprint density at radius 3 is 2.58 bits per heavy atom. The van der Waals surface area contributed by atoms with Crippen LogP contribution in [-0.4, -0.2) is 11.5 Å². The molecule has 0 radical (unpaired) electrons. The van der Waals surface area contributed by atoms with Gasteiger partial charge in [-0.2, -0.15) is 0 Å². The van der Waals surface area contributed by atoms with Crippen LogP contribution in [0.2, 0.25) is 0 Å². The topological polar surface area (TPSA) is 17.1 Å². The van der Waals surface area contributed by atoms with Gasteiger partial charge in [0.1, 0.15) is 11.6 Å². The number of rotatable bonds is 5. The molecule has 2 aromatic carbocycles. The predicted molar refractivity (Wildman–Crippen MR) is 80.0 cm³/mol. The number of benzene rings is 2. The lowest BCUT2D eigenvalue weighted by molar-refractivity contribution is -0.116. The maximum Gasteiger partial charge on any atom is 0.147 e. The minimum atomic E-state index is -0.310. The smallest absolute Gasteiger partial charge is 0.147 e. The second-order valence-electron chi connectivity index (χ2n) is 4.07. The van der Waals surface area contributed by atoms with E-state index in [1.54, 1.807) is 12.1 Å². The molecule has 0 unspecified atom stereocenters. The first kappa shape index (κ1) is 14.3. The van der Waals surface area contributed by atoms with Gasteiger partial charge in [0, 0.05) is 11.3 Å². The number of hydrogen-bond acceptors (Lipinski definition) is 2.